The van der Waals surface area contributed by atoms with Gasteiger partial charge in [0.1, 0.15) is 11.4 Å². The Labute approximate surface area is 129 Å². The van der Waals surface area contributed by atoms with Gasteiger partial charge in [0.05, 0.1) is 10.8 Å². The van der Waals surface area contributed by atoms with Crippen LogP contribution in [-0.4, -0.2) is 44.7 Å². The Morgan fingerprint density at radius 1 is 1.45 bits per heavy atom. The minimum absolute atomic E-state index is 0.0971. The zero-order valence-corrected chi connectivity index (χ0v) is 13.0. The molecule has 1 saturated heterocycles. The summed E-state index contributed by atoms with van der Waals surface area (Å²) in [4.78, 5) is 9.04. The lowest BCUT2D eigenvalue weighted by Gasteiger charge is -2.37. The van der Waals surface area contributed by atoms with E-state index < -0.39 is 22.5 Å². The predicted molar refractivity (Wildman–Crippen MR) is 76.1 cm³/mol. The lowest BCUT2D eigenvalue weighted by atomic mass is 9.99. The highest BCUT2D eigenvalue weighted by Gasteiger charge is 2.38. The highest BCUT2D eigenvalue weighted by Crippen LogP contribution is 2.37. The number of aliphatic hydroxyl groups excluding tert-OH is 1. The minimum atomic E-state index is -4.58. The molecule has 9 heteroatoms. The molecule has 22 heavy (non-hydrogen) atoms. The van der Waals surface area contributed by atoms with Crippen molar-refractivity contribution in [3.8, 4) is 0 Å². The van der Waals surface area contributed by atoms with Crippen LogP contribution in [0.5, 0.6) is 0 Å². The molecule has 2 rings (SSSR count). The van der Waals surface area contributed by atoms with Gasteiger partial charge in [-0.15, -0.1) is 0 Å². The number of hydrogen-bond donors (Lipinski definition) is 1. The van der Waals surface area contributed by atoms with Crippen LogP contribution in [0.2, 0.25) is 0 Å². The molecule has 0 spiro atoms. The van der Waals surface area contributed by atoms with Crippen molar-refractivity contribution in [2.45, 2.75) is 43.1 Å². The van der Waals surface area contributed by atoms with Crippen LogP contribution >= 0.6 is 0 Å². The summed E-state index contributed by atoms with van der Waals surface area (Å²) < 4.78 is 51.1. The SMILES string of the molecule is CS(=O)c1ncc(C(F)(F)F)c(N2CCCC[C@H]2CCO)n1. The highest BCUT2D eigenvalue weighted by molar-refractivity contribution is 7.84. The fourth-order valence-electron chi connectivity index (χ4n) is 2.64. The topological polar surface area (TPSA) is 66.3 Å². The van der Waals surface area contributed by atoms with E-state index in [2.05, 4.69) is 9.97 Å². The lowest BCUT2D eigenvalue weighted by molar-refractivity contribution is -0.137. The minimum Gasteiger partial charge on any atom is -0.396 e. The fourth-order valence-corrected chi connectivity index (χ4v) is 3.06. The first-order chi connectivity index (χ1) is 10.3. The molecule has 124 valence electrons. The zero-order valence-electron chi connectivity index (χ0n) is 12.1. The van der Waals surface area contributed by atoms with E-state index in [-0.39, 0.29) is 23.6 Å². The van der Waals surface area contributed by atoms with Crippen LogP contribution in [0.1, 0.15) is 31.2 Å². The molecule has 0 saturated carbocycles. The van der Waals surface area contributed by atoms with Crippen molar-refractivity contribution in [1.82, 2.24) is 9.97 Å². The summed E-state index contributed by atoms with van der Waals surface area (Å²) in [6.07, 6.45) is 0.188. The maximum Gasteiger partial charge on any atom is 0.421 e. The molecule has 0 amide bonds. The van der Waals surface area contributed by atoms with E-state index in [1.54, 1.807) is 4.90 Å². The van der Waals surface area contributed by atoms with Crippen molar-refractivity contribution >= 4 is 16.6 Å². The Hall–Kier alpha value is -1.22. The largest absolute Gasteiger partial charge is 0.421 e. The quantitative estimate of drug-likeness (QED) is 0.851. The molecule has 1 aromatic rings. The number of aliphatic hydroxyl groups is 1. The van der Waals surface area contributed by atoms with Gasteiger partial charge in [0.15, 0.2) is 0 Å². The summed E-state index contributed by atoms with van der Waals surface area (Å²) in [7, 11) is -1.56. The summed E-state index contributed by atoms with van der Waals surface area (Å²) in [6, 6.07) is -0.201. The molecule has 0 bridgehead atoms. The molecule has 2 heterocycles. The third kappa shape index (κ3) is 3.75. The van der Waals surface area contributed by atoms with E-state index >= 15 is 0 Å². The van der Waals surface area contributed by atoms with Crippen molar-refractivity contribution in [3.05, 3.63) is 11.8 Å². The van der Waals surface area contributed by atoms with E-state index in [9.17, 15) is 17.4 Å². The van der Waals surface area contributed by atoms with Gasteiger partial charge >= 0.3 is 6.18 Å². The van der Waals surface area contributed by atoms with Crippen LogP contribution < -0.4 is 4.90 Å². The molecule has 0 aromatic carbocycles. The summed E-state index contributed by atoms with van der Waals surface area (Å²) in [5.74, 6) is -0.231. The molecule has 1 fully saturated rings. The van der Waals surface area contributed by atoms with Crippen LogP contribution in [-0.2, 0) is 17.0 Å². The van der Waals surface area contributed by atoms with E-state index in [0.717, 1.165) is 12.8 Å². The van der Waals surface area contributed by atoms with Gasteiger partial charge in [-0.1, -0.05) is 0 Å². The van der Waals surface area contributed by atoms with Gasteiger partial charge in [0.2, 0.25) is 5.16 Å². The second kappa shape index (κ2) is 6.91. The van der Waals surface area contributed by atoms with E-state index in [1.807, 2.05) is 0 Å². The first kappa shape index (κ1) is 17.1. The standard InChI is InChI=1S/C13H18F3N3O2S/c1-22(21)12-17-8-10(13(14,15)16)11(18-12)19-6-3-2-4-9(19)5-7-20/h8-9,20H,2-7H2,1H3/t9-,22?/m0/s1. The number of aromatic nitrogens is 2. The summed E-state index contributed by atoms with van der Waals surface area (Å²) >= 11 is 0. The molecular formula is C13H18F3N3O2S. The third-order valence-electron chi connectivity index (χ3n) is 3.67. The maximum atomic E-state index is 13.2. The second-order valence-corrected chi connectivity index (χ2v) is 6.47. The first-order valence-electron chi connectivity index (χ1n) is 6.99. The number of alkyl halides is 3. The van der Waals surface area contributed by atoms with Crippen molar-refractivity contribution in [2.75, 3.05) is 24.3 Å². The van der Waals surface area contributed by atoms with Crippen molar-refractivity contribution in [3.63, 3.8) is 0 Å². The average Bonchev–Trinajstić information content (AvgIpc) is 2.46. The van der Waals surface area contributed by atoms with Crippen LogP contribution in [0.15, 0.2) is 11.4 Å². The first-order valence-corrected chi connectivity index (χ1v) is 8.55. The molecule has 2 atom stereocenters. The number of anilines is 1. The molecule has 5 nitrogen and oxygen atoms in total. The van der Waals surface area contributed by atoms with Crippen molar-refractivity contribution in [2.24, 2.45) is 0 Å². The summed E-state index contributed by atoms with van der Waals surface area (Å²) in [5, 5.41) is 9.01. The monoisotopic (exact) mass is 337 g/mol. The number of nitrogens with zero attached hydrogens (tertiary/aromatic N) is 3. The zero-order chi connectivity index (χ0) is 16.3. The molecular weight excluding hydrogens is 319 g/mol. The van der Waals surface area contributed by atoms with Crippen LogP contribution in [0, 0.1) is 0 Å². The lowest BCUT2D eigenvalue weighted by Crippen LogP contribution is -2.42. The van der Waals surface area contributed by atoms with E-state index in [0.29, 0.717) is 25.6 Å². The third-order valence-corrected chi connectivity index (χ3v) is 4.38. The van der Waals surface area contributed by atoms with Crippen LogP contribution in [0.3, 0.4) is 0 Å². The molecule has 1 aromatic heterocycles. The molecule has 1 aliphatic heterocycles. The molecule has 1 aliphatic rings. The van der Waals surface area contributed by atoms with E-state index in [4.69, 9.17) is 5.11 Å². The second-order valence-electron chi connectivity index (χ2n) is 5.20. The molecule has 0 aliphatic carbocycles. The number of piperidine rings is 1. The van der Waals surface area contributed by atoms with Gasteiger partial charge in [0, 0.05) is 31.6 Å². The van der Waals surface area contributed by atoms with Gasteiger partial charge in [0.25, 0.3) is 0 Å². The summed E-state index contributed by atoms with van der Waals surface area (Å²) in [6.45, 7) is 0.334. The van der Waals surface area contributed by atoms with Gasteiger partial charge in [-0.2, -0.15) is 13.2 Å². The smallest absolute Gasteiger partial charge is 0.396 e. The average molecular weight is 337 g/mol. The van der Waals surface area contributed by atoms with Crippen molar-refractivity contribution < 1.29 is 22.5 Å². The van der Waals surface area contributed by atoms with Gasteiger partial charge in [-0.25, -0.2) is 9.97 Å². The van der Waals surface area contributed by atoms with Crippen molar-refractivity contribution in [1.29, 1.82) is 0 Å². The Morgan fingerprint density at radius 3 is 2.77 bits per heavy atom. The highest BCUT2D eigenvalue weighted by atomic mass is 32.2. The Balaban J connectivity index is 2.49. The van der Waals surface area contributed by atoms with Crippen LogP contribution in [0.4, 0.5) is 19.0 Å². The van der Waals surface area contributed by atoms with Gasteiger partial charge in [-0.3, -0.25) is 4.21 Å². The maximum absolute atomic E-state index is 13.2. The van der Waals surface area contributed by atoms with Gasteiger partial charge < -0.3 is 10.0 Å². The molecule has 0 radical (unpaired) electrons. The van der Waals surface area contributed by atoms with Crippen LogP contribution in [0.25, 0.3) is 0 Å². The summed E-state index contributed by atoms with van der Waals surface area (Å²) in [5.41, 5.74) is -0.925. The number of halogens is 3. The Kier molecular flexibility index (Phi) is 5.38. The number of hydrogen-bond acceptors (Lipinski definition) is 5. The number of rotatable bonds is 4. The Bertz CT molecular complexity index is 552. The fraction of sp³-hybridized carbons (Fsp3) is 0.692. The Morgan fingerprint density at radius 2 is 2.18 bits per heavy atom. The predicted octanol–water partition coefficient (Wildman–Crippen LogP) is 1.97. The normalized spacial score (nSPS) is 21.0. The van der Waals surface area contributed by atoms with E-state index in [1.165, 1.54) is 6.26 Å². The molecule has 1 unspecified atom stereocenters. The van der Waals surface area contributed by atoms with Gasteiger partial charge in [-0.05, 0) is 25.7 Å². The molecule has 1 N–H and O–H groups in total.